The zero-order valence-corrected chi connectivity index (χ0v) is 7.74. The second-order valence-corrected chi connectivity index (χ2v) is 2.51. The first-order valence-corrected chi connectivity index (χ1v) is 4.03. The van der Waals surface area contributed by atoms with Gasteiger partial charge in [0, 0.05) is 0 Å². The van der Waals surface area contributed by atoms with Crippen molar-refractivity contribution in [2.24, 2.45) is 5.18 Å². The van der Waals surface area contributed by atoms with E-state index in [1.807, 2.05) is 6.92 Å². The van der Waals surface area contributed by atoms with Gasteiger partial charge in [-0.1, -0.05) is 13.3 Å². The molecular formula is C8H13NO4. The Morgan fingerprint density at radius 2 is 2.15 bits per heavy atom. The summed E-state index contributed by atoms with van der Waals surface area (Å²) >= 11 is 0. The van der Waals surface area contributed by atoms with Crippen molar-refractivity contribution in [3.8, 4) is 0 Å². The molecule has 0 aliphatic rings. The van der Waals surface area contributed by atoms with Crippen LogP contribution in [0.4, 0.5) is 0 Å². The zero-order valence-electron chi connectivity index (χ0n) is 7.74. The molecule has 13 heavy (non-hydrogen) atoms. The Kier molecular flexibility index (Phi) is 5.50. The molecule has 74 valence electrons. The number of hydrogen-bond acceptors (Lipinski definition) is 5. The van der Waals surface area contributed by atoms with Gasteiger partial charge in [-0.05, 0) is 18.5 Å². The van der Waals surface area contributed by atoms with Crippen LogP contribution >= 0.6 is 0 Å². The standard InChI is InChI=1S/C8H13NO4/c1-3-4-5-13-8(11)7(9-12)6(2)10/h10H,3-5H2,1-2H3/b7-6+. The van der Waals surface area contributed by atoms with Gasteiger partial charge in [-0.3, -0.25) is 0 Å². The quantitative estimate of drug-likeness (QED) is 0.234. The molecule has 0 aromatic rings. The lowest BCUT2D eigenvalue weighted by Gasteiger charge is -2.01. The van der Waals surface area contributed by atoms with E-state index >= 15 is 0 Å². The van der Waals surface area contributed by atoms with E-state index in [9.17, 15) is 9.70 Å². The van der Waals surface area contributed by atoms with Gasteiger partial charge in [0.1, 0.15) is 5.76 Å². The number of aliphatic hydroxyl groups is 1. The fourth-order valence-electron chi connectivity index (χ4n) is 0.629. The van der Waals surface area contributed by atoms with Crippen molar-refractivity contribution < 1.29 is 14.6 Å². The third-order valence-corrected chi connectivity index (χ3v) is 1.36. The molecule has 0 amide bonds. The summed E-state index contributed by atoms with van der Waals surface area (Å²) < 4.78 is 4.65. The first kappa shape index (κ1) is 11.6. The number of esters is 1. The fraction of sp³-hybridized carbons (Fsp3) is 0.625. The van der Waals surface area contributed by atoms with Gasteiger partial charge in [0.25, 0.3) is 0 Å². The molecule has 0 aromatic heterocycles. The van der Waals surface area contributed by atoms with Crippen molar-refractivity contribution in [1.29, 1.82) is 0 Å². The number of aliphatic hydroxyl groups excluding tert-OH is 1. The second-order valence-electron chi connectivity index (χ2n) is 2.51. The zero-order chi connectivity index (χ0) is 10.3. The summed E-state index contributed by atoms with van der Waals surface area (Å²) in [6.07, 6.45) is 1.61. The van der Waals surface area contributed by atoms with E-state index in [-0.39, 0.29) is 6.61 Å². The van der Waals surface area contributed by atoms with Crippen LogP contribution in [-0.4, -0.2) is 17.7 Å². The van der Waals surface area contributed by atoms with Crippen LogP contribution in [-0.2, 0) is 9.53 Å². The summed E-state index contributed by atoms with van der Waals surface area (Å²) in [4.78, 5) is 21.0. The summed E-state index contributed by atoms with van der Waals surface area (Å²) in [7, 11) is 0. The summed E-state index contributed by atoms with van der Waals surface area (Å²) in [6.45, 7) is 3.39. The van der Waals surface area contributed by atoms with E-state index in [0.29, 0.717) is 0 Å². The predicted octanol–water partition coefficient (Wildman–Crippen LogP) is 1.89. The van der Waals surface area contributed by atoms with Crippen LogP contribution in [0.3, 0.4) is 0 Å². The molecule has 5 nitrogen and oxygen atoms in total. The molecule has 0 heterocycles. The number of carbonyl (C=O) groups is 1. The van der Waals surface area contributed by atoms with Crippen LogP contribution < -0.4 is 0 Å². The highest BCUT2D eigenvalue weighted by Gasteiger charge is 2.14. The molecule has 0 aromatic carbocycles. The van der Waals surface area contributed by atoms with Crippen LogP contribution in [0, 0.1) is 4.91 Å². The van der Waals surface area contributed by atoms with E-state index < -0.39 is 17.4 Å². The lowest BCUT2D eigenvalue weighted by atomic mass is 10.3. The van der Waals surface area contributed by atoms with Crippen LogP contribution in [0.15, 0.2) is 16.6 Å². The number of nitrogens with zero attached hydrogens (tertiary/aromatic N) is 1. The maximum Gasteiger partial charge on any atom is 0.364 e. The summed E-state index contributed by atoms with van der Waals surface area (Å²) in [5.74, 6) is -1.29. The molecule has 0 spiro atoms. The number of ether oxygens (including phenoxy) is 1. The van der Waals surface area contributed by atoms with Crippen LogP contribution in [0.2, 0.25) is 0 Å². The topological polar surface area (TPSA) is 76.0 Å². The van der Waals surface area contributed by atoms with Crippen molar-refractivity contribution in [2.75, 3.05) is 6.61 Å². The smallest absolute Gasteiger partial charge is 0.364 e. The molecule has 0 aliphatic carbocycles. The molecule has 0 saturated carbocycles. The summed E-state index contributed by atoms with van der Waals surface area (Å²) in [5.41, 5.74) is -0.559. The molecule has 0 radical (unpaired) electrons. The average molecular weight is 187 g/mol. The number of nitroso groups, excluding NO2 is 1. The van der Waals surface area contributed by atoms with Crippen molar-refractivity contribution in [1.82, 2.24) is 0 Å². The Morgan fingerprint density at radius 1 is 1.54 bits per heavy atom. The van der Waals surface area contributed by atoms with Gasteiger partial charge >= 0.3 is 5.97 Å². The maximum atomic E-state index is 11.0. The molecular weight excluding hydrogens is 174 g/mol. The van der Waals surface area contributed by atoms with E-state index in [2.05, 4.69) is 9.91 Å². The van der Waals surface area contributed by atoms with Crippen molar-refractivity contribution >= 4 is 5.97 Å². The van der Waals surface area contributed by atoms with Crippen molar-refractivity contribution in [2.45, 2.75) is 26.7 Å². The van der Waals surface area contributed by atoms with Gasteiger partial charge in [-0.2, -0.15) is 0 Å². The molecule has 0 fully saturated rings. The fourth-order valence-corrected chi connectivity index (χ4v) is 0.629. The third-order valence-electron chi connectivity index (χ3n) is 1.36. The molecule has 0 atom stereocenters. The molecule has 5 heteroatoms. The minimum atomic E-state index is -0.872. The molecule has 0 unspecified atom stereocenters. The normalized spacial score (nSPS) is 11.8. The van der Waals surface area contributed by atoms with Crippen LogP contribution in [0.25, 0.3) is 0 Å². The monoisotopic (exact) mass is 187 g/mol. The number of allylic oxidation sites excluding steroid dienone is 1. The predicted molar refractivity (Wildman–Crippen MR) is 47.0 cm³/mol. The highest BCUT2D eigenvalue weighted by atomic mass is 16.5. The third kappa shape index (κ3) is 4.25. The number of hydrogen-bond donors (Lipinski definition) is 1. The largest absolute Gasteiger partial charge is 0.510 e. The van der Waals surface area contributed by atoms with E-state index in [4.69, 9.17) is 5.11 Å². The Labute approximate surface area is 76.4 Å². The maximum absolute atomic E-state index is 11.0. The van der Waals surface area contributed by atoms with Crippen molar-refractivity contribution in [3.63, 3.8) is 0 Å². The van der Waals surface area contributed by atoms with Crippen LogP contribution in [0.1, 0.15) is 26.7 Å². The van der Waals surface area contributed by atoms with E-state index in [0.717, 1.165) is 12.8 Å². The summed E-state index contributed by atoms with van der Waals surface area (Å²) in [6, 6.07) is 0. The molecule has 1 N–H and O–H groups in total. The number of carbonyl (C=O) groups excluding carboxylic acids is 1. The molecule has 0 aliphatic heterocycles. The van der Waals surface area contributed by atoms with Gasteiger partial charge in [-0.25, -0.2) is 4.79 Å². The van der Waals surface area contributed by atoms with Crippen molar-refractivity contribution in [3.05, 3.63) is 16.4 Å². The highest BCUT2D eigenvalue weighted by molar-refractivity contribution is 5.88. The van der Waals surface area contributed by atoms with Gasteiger partial charge in [-0.15, -0.1) is 4.91 Å². The first-order chi connectivity index (χ1) is 6.13. The Hall–Kier alpha value is -1.39. The Morgan fingerprint density at radius 3 is 2.54 bits per heavy atom. The minimum Gasteiger partial charge on any atom is -0.510 e. The molecule has 0 bridgehead atoms. The van der Waals surface area contributed by atoms with E-state index in [1.54, 1.807) is 0 Å². The van der Waals surface area contributed by atoms with Gasteiger partial charge < -0.3 is 9.84 Å². The Bertz CT molecular complexity index is 218. The molecule has 0 saturated heterocycles. The average Bonchev–Trinajstić information content (AvgIpc) is 2.05. The van der Waals surface area contributed by atoms with Crippen LogP contribution in [0.5, 0.6) is 0 Å². The lowest BCUT2D eigenvalue weighted by Crippen LogP contribution is -2.09. The van der Waals surface area contributed by atoms with Gasteiger partial charge in [0.05, 0.1) is 6.61 Å². The first-order valence-electron chi connectivity index (χ1n) is 4.03. The Balaban J connectivity index is 4.09. The number of unbranched alkanes of at least 4 members (excludes halogenated alkanes) is 1. The van der Waals surface area contributed by atoms with E-state index in [1.165, 1.54) is 6.92 Å². The van der Waals surface area contributed by atoms with Gasteiger partial charge in [0.2, 0.25) is 5.70 Å². The minimum absolute atomic E-state index is 0.238. The SMILES string of the molecule is CCCCOC(=O)/C(N=O)=C(/C)O. The summed E-state index contributed by atoms with van der Waals surface area (Å²) in [5, 5.41) is 11.2. The highest BCUT2D eigenvalue weighted by Crippen LogP contribution is 2.05. The second kappa shape index (κ2) is 6.16. The lowest BCUT2D eigenvalue weighted by molar-refractivity contribution is -0.139. The number of rotatable bonds is 5. The molecule has 0 rings (SSSR count). The van der Waals surface area contributed by atoms with Gasteiger partial charge in [0.15, 0.2) is 0 Å².